The monoisotopic (exact) mass is 547 g/mol. The van der Waals surface area contributed by atoms with Crippen LogP contribution < -0.4 is 15.5 Å². The summed E-state index contributed by atoms with van der Waals surface area (Å²) in [6.07, 6.45) is 11.8. The summed E-state index contributed by atoms with van der Waals surface area (Å²) < 4.78 is 0. The van der Waals surface area contributed by atoms with Gasteiger partial charge in [-0.2, -0.15) is 0 Å². The number of hydrogen-bond donors (Lipinski definition) is 2. The van der Waals surface area contributed by atoms with Gasteiger partial charge in [0.15, 0.2) is 0 Å². The highest BCUT2D eigenvalue weighted by molar-refractivity contribution is 6.28. The summed E-state index contributed by atoms with van der Waals surface area (Å²) in [5.41, 5.74) is 8.07. The van der Waals surface area contributed by atoms with E-state index in [1.165, 1.54) is 32.5 Å². The largest absolute Gasteiger partial charge is 0.355 e. The summed E-state index contributed by atoms with van der Waals surface area (Å²) in [5.74, 6) is 0. The Morgan fingerprint density at radius 1 is 0.833 bits per heavy atom. The third kappa shape index (κ3) is 4.67. The van der Waals surface area contributed by atoms with Gasteiger partial charge in [-0.15, -0.1) is 0 Å². The lowest BCUT2D eigenvalue weighted by Crippen LogP contribution is -2.20. The Labute approximate surface area is 248 Å². The maximum Gasteiger partial charge on any atom is 0.0485 e. The molecular formula is C39H37N3. The van der Waals surface area contributed by atoms with Gasteiger partial charge in [0.1, 0.15) is 0 Å². The molecule has 3 heteroatoms. The Kier molecular flexibility index (Phi) is 6.74. The molecule has 0 unspecified atom stereocenters. The number of fused-ring (bicyclic) bond motifs is 6. The maximum absolute atomic E-state index is 4.42. The lowest BCUT2D eigenvalue weighted by molar-refractivity contribution is 0.591. The van der Waals surface area contributed by atoms with Crippen LogP contribution in [0.15, 0.2) is 140 Å². The number of rotatable bonds is 4. The van der Waals surface area contributed by atoms with Gasteiger partial charge in [0.25, 0.3) is 0 Å². The standard InChI is InChI=1S/C39H37N3/c1-8-12-31(13-9-2)42-30(10-3)20-25(4)40-35-24-36(41-29-14-11-15-32(42)23-29)34-19-17-27-22-28(39(5,6)7)21-26-16-18-33(35)38(34)37(26)27/h8-24,40-41H,1,3-4H2,2,5-7H3/b13-9-,30-20+,31-12+. The van der Waals surface area contributed by atoms with Crippen molar-refractivity contribution in [2.45, 2.75) is 33.1 Å². The summed E-state index contributed by atoms with van der Waals surface area (Å²) in [5, 5.41) is 14.8. The molecule has 1 heterocycles. The van der Waals surface area contributed by atoms with Crippen molar-refractivity contribution in [3.05, 3.63) is 146 Å². The van der Waals surface area contributed by atoms with E-state index >= 15 is 0 Å². The highest BCUT2D eigenvalue weighted by Crippen LogP contribution is 2.44. The molecule has 0 atom stereocenters. The molecule has 0 fully saturated rings. The van der Waals surface area contributed by atoms with Crippen LogP contribution in [-0.2, 0) is 5.41 Å². The minimum Gasteiger partial charge on any atom is -0.355 e. The molecule has 0 saturated heterocycles. The minimum absolute atomic E-state index is 0.0666. The third-order valence-corrected chi connectivity index (χ3v) is 7.93. The zero-order valence-electron chi connectivity index (χ0n) is 24.9. The first-order valence-electron chi connectivity index (χ1n) is 14.4. The molecule has 1 aliphatic heterocycles. The molecule has 42 heavy (non-hydrogen) atoms. The minimum atomic E-state index is 0.0666. The Morgan fingerprint density at radius 3 is 2.14 bits per heavy atom. The van der Waals surface area contributed by atoms with Crippen molar-refractivity contribution < 1.29 is 0 Å². The van der Waals surface area contributed by atoms with Gasteiger partial charge in [-0.3, -0.25) is 0 Å². The van der Waals surface area contributed by atoms with Gasteiger partial charge in [0.2, 0.25) is 0 Å². The number of benzene rings is 5. The number of anilines is 4. The van der Waals surface area contributed by atoms with Crippen LogP contribution in [0.5, 0.6) is 0 Å². The SMILES string of the molecule is C=C/C=C(\C=C/C)N1/C(C=C)=C/C(=C)Nc2cc(c3ccc4cc(C(C)(C)C)cc5ccc2c3c54)Nc2cccc1c2. The first kappa shape index (κ1) is 27.2. The summed E-state index contributed by atoms with van der Waals surface area (Å²) in [4.78, 5) is 2.16. The van der Waals surface area contributed by atoms with Gasteiger partial charge >= 0.3 is 0 Å². The van der Waals surface area contributed by atoms with Gasteiger partial charge in [-0.25, -0.2) is 0 Å². The van der Waals surface area contributed by atoms with Crippen molar-refractivity contribution in [1.29, 1.82) is 0 Å². The topological polar surface area (TPSA) is 27.3 Å². The first-order chi connectivity index (χ1) is 20.2. The summed E-state index contributed by atoms with van der Waals surface area (Å²) >= 11 is 0. The average molecular weight is 548 g/mol. The van der Waals surface area contributed by atoms with Crippen molar-refractivity contribution in [3.63, 3.8) is 0 Å². The Balaban J connectivity index is 1.64. The molecule has 1 aliphatic rings. The van der Waals surface area contributed by atoms with Crippen molar-refractivity contribution in [1.82, 2.24) is 0 Å². The van der Waals surface area contributed by atoms with Crippen LogP contribution in [0.2, 0.25) is 0 Å². The van der Waals surface area contributed by atoms with E-state index in [0.29, 0.717) is 0 Å². The highest BCUT2D eigenvalue weighted by Gasteiger charge is 2.21. The summed E-state index contributed by atoms with van der Waals surface area (Å²) in [7, 11) is 0. The van der Waals surface area contributed by atoms with Crippen LogP contribution in [-0.4, -0.2) is 0 Å². The summed E-state index contributed by atoms with van der Waals surface area (Å²) in [6.45, 7) is 21.4. The molecule has 6 rings (SSSR count). The Hall–Kier alpha value is -5.02. The van der Waals surface area contributed by atoms with Crippen LogP contribution in [0.3, 0.4) is 0 Å². The van der Waals surface area contributed by atoms with Crippen LogP contribution in [0, 0.1) is 0 Å². The van der Waals surface area contributed by atoms with E-state index in [1.54, 1.807) is 6.08 Å². The summed E-state index contributed by atoms with van der Waals surface area (Å²) in [6, 6.07) is 24.4. The maximum atomic E-state index is 4.42. The van der Waals surface area contributed by atoms with Gasteiger partial charge in [-0.05, 0) is 82.6 Å². The van der Waals surface area contributed by atoms with Crippen molar-refractivity contribution in [2.75, 3.05) is 15.5 Å². The lowest BCUT2D eigenvalue weighted by Gasteiger charge is -2.29. The molecule has 3 nitrogen and oxygen atoms in total. The van der Waals surface area contributed by atoms with Crippen molar-refractivity contribution >= 4 is 55.1 Å². The second kappa shape index (κ2) is 10.4. The van der Waals surface area contributed by atoms with E-state index in [0.717, 1.165) is 45.2 Å². The van der Waals surface area contributed by atoms with Crippen LogP contribution in [0.25, 0.3) is 32.3 Å². The predicted molar refractivity (Wildman–Crippen MR) is 185 cm³/mol. The van der Waals surface area contributed by atoms with E-state index in [9.17, 15) is 0 Å². The molecule has 5 aromatic carbocycles. The zero-order valence-corrected chi connectivity index (χ0v) is 24.9. The molecule has 0 aromatic heterocycles. The lowest BCUT2D eigenvalue weighted by atomic mass is 9.83. The number of nitrogens with one attached hydrogen (secondary N) is 2. The van der Waals surface area contributed by atoms with Gasteiger partial charge in [0.05, 0.1) is 0 Å². The predicted octanol–water partition coefficient (Wildman–Crippen LogP) is 11.1. The molecule has 0 spiro atoms. The Bertz CT molecular complexity index is 1960. The molecule has 0 amide bonds. The molecule has 208 valence electrons. The molecule has 4 bridgehead atoms. The van der Waals surface area contributed by atoms with E-state index in [1.807, 2.05) is 31.2 Å². The van der Waals surface area contributed by atoms with Crippen LogP contribution in [0.1, 0.15) is 33.3 Å². The van der Waals surface area contributed by atoms with E-state index < -0.39 is 0 Å². The smallest absolute Gasteiger partial charge is 0.0485 e. The molecule has 0 radical (unpaired) electrons. The molecule has 5 aromatic rings. The number of allylic oxidation sites excluding steroid dienone is 6. The first-order valence-corrected chi connectivity index (χ1v) is 14.4. The molecule has 0 saturated carbocycles. The normalized spacial score (nSPS) is 15.7. The average Bonchev–Trinajstić information content (AvgIpc) is 2.95. The molecular weight excluding hydrogens is 510 g/mol. The van der Waals surface area contributed by atoms with E-state index in [-0.39, 0.29) is 5.41 Å². The fourth-order valence-electron chi connectivity index (χ4n) is 5.98. The third-order valence-electron chi connectivity index (χ3n) is 7.93. The van der Waals surface area contributed by atoms with Gasteiger partial charge < -0.3 is 15.5 Å². The van der Waals surface area contributed by atoms with Gasteiger partial charge in [0, 0.05) is 56.0 Å². The Morgan fingerprint density at radius 2 is 1.52 bits per heavy atom. The fourth-order valence-corrected chi connectivity index (χ4v) is 5.98. The fraction of sp³-hybridized carbons (Fsp3) is 0.128. The second-order valence-electron chi connectivity index (χ2n) is 11.9. The van der Waals surface area contributed by atoms with Crippen molar-refractivity contribution in [3.8, 4) is 0 Å². The second-order valence-corrected chi connectivity index (χ2v) is 11.9. The number of nitrogens with zero attached hydrogens (tertiary/aromatic N) is 1. The molecule has 0 aliphatic carbocycles. The highest BCUT2D eigenvalue weighted by atomic mass is 15.2. The number of hydrogen-bond acceptors (Lipinski definition) is 3. The molecule has 2 N–H and O–H groups in total. The van der Waals surface area contributed by atoms with Crippen molar-refractivity contribution in [2.24, 2.45) is 0 Å². The zero-order chi connectivity index (χ0) is 29.6. The quantitative estimate of drug-likeness (QED) is 0.173. The van der Waals surface area contributed by atoms with Crippen LogP contribution in [0.4, 0.5) is 22.7 Å². The van der Waals surface area contributed by atoms with Gasteiger partial charge in [-0.1, -0.05) is 95.1 Å². The van der Waals surface area contributed by atoms with E-state index in [4.69, 9.17) is 0 Å². The van der Waals surface area contributed by atoms with E-state index in [2.05, 4.69) is 129 Å². The van der Waals surface area contributed by atoms with Crippen LogP contribution >= 0.6 is 0 Å².